The van der Waals surface area contributed by atoms with Crippen LogP contribution in [0.5, 0.6) is 11.5 Å². The van der Waals surface area contributed by atoms with Crippen LogP contribution in [-0.2, 0) is 0 Å². The summed E-state index contributed by atoms with van der Waals surface area (Å²) in [7, 11) is 0. The predicted octanol–water partition coefficient (Wildman–Crippen LogP) is 3.57. The third kappa shape index (κ3) is 3.46. The van der Waals surface area contributed by atoms with E-state index in [0.29, 0.717) is 5.56 Å². The number of benzene rings is 2. The van der Waals surface area contributed by atoms with Gasteiger partial charge in [-0.25, -0.2) is 4.79 Å². The van der Waals surface area contributed by atoms with Crippen molar-refractivity contribution >= 4 is 34.3 Å². The summed E-state index contributed by atoms with van der Waals surface area (Å²) in [6, 6.07) is 10.9. The second-order valence-corrected chi connectivity index (χ2v) is 6.55. The van der Waals surface area contributed by atoms with Gasteiger partial charge in [-0.15, -0.1) is 11.8 Å². The first-order valence-electron chi connectivity index (χ1n) is 7.52. The van der Waals surface area contributed by atoms with Crippen molar-refractivity contribution in [1.29, 1.82) is 0 Å². The van der Waals surface area contributed by atoms with Crippen LogP contribution in [-0.4, -0.2) is 21.9 Å². The van der Waals surface area contributed by atoms with Crippen molar-refractivity contribution in [2.45, 2.75) is 11.8 Å². The molecule has 3 rings (SSSR count). The Morgan fingerprint density at radius 1 is 1.20 bits per heavy atom. The highest BCUT2D eigenvalue weighted by Gasteiger charge is 2.17. The third-order valence-electron chi connectivity index (χ3n) is 3.51. The molecular formula is C18H15NO5S. The van der Waals surface area contributed by atoms with Gasteiger partial charge in [-0.1, -0.05) is 13.0 Å². The zero-order valence-electron chi connectivity index (χ0n) is 13.3. The van der Waals surface area contributed by atoms with E-state index in [4.69, 9.17) is 4.42 Å². The number of hydrogen-bond acceptors (Lipinski definition) is 6. The van der Waals surface area contributed by atoms with Gasteiger partial charge in [0.15, 0.2) is 11.4 Å². The van der Waals surface area contributed by atoms with E-state index in [1.165, 1.54) is 18.2 Å². The lowest BCUT2D eigenvalue weighted by atomic mass is 10.2. The number of phenolic OH excluding ortho intramolecular Hbond substituents is 1. The zero-order chi connectivity index (χ0) is 18.0. The maximum absolute atomic E-state index is 12.4. The second-order valence-electron chi connectivity index (χ2n) is 5.21. The standard InChI is InChI=1S/C18H15NO5S/c1-2-25-12-5-3-4-10(8-12)17(22)19-15-16(21)13-7-6-11(20)9-14(13)24-18(15)23/h3-9,20-21H,2H2,1H3,(H,19,22). The molecule has 7 heteroatoms. The lowest BCUT2D eigenvalue weighted by molar-refractivity contribution is 0.102. The quantitative estimate of drug-likeness (QED) is 0.488. The number of aromatic hydroxyl groups is 2. The molecule has 0 aliphatic heterocycles. The lowest BCUT2D eigenvalue weighted by Gasteiger charge is -2.09. The van der Waals surface area contributed by atoms with E-state index in [0.717, 1.165) is 10.6 Å². The smallest absolute Gasteiger partial charge is 0.364 e. The molecular weight excluding hydrogens is 342 g/mol. The molecule has 0 unspecified atom stereocenters. The number of carbonyl (C=O) groups excluding carboxylic acids is 1. The number of rotatable bonds is 4. The molecule has 3 N–H and O–H groups in total. The van der Waals surface area contributed by atoms with Gasteiger partial charge in [0.05, 0.1) is 5.39 Å². The largest absolute Gasteiger partial charge is 0.508 e. The molecule has 1 amide bonds. The Hall–Kier alpha value is -2.93. The molecule has 2 aromatic carbocycles. The van der Waals surface area contributed by atoms with Gasteiger partial charge in [-0.05, 0) is 36.1 Å². The Balaban J connectivity index is 1.97. The molecule has 0 bridgehead atoms. The number of fused-ring (bicyclic) bond motifs is 1. The molecule has 0 saturated heterocycles. The van der Waals surface area contributed by atoms with Crippen LogP contribution >= 0.6 is 11.8 Å². The van der Waals surface area contributed by atoms with Crippen molar-refractivity contribution in [3.8, 4) is 11.5 Å². The van der Waals surface area contributed by atoms with Crippen molar-refractivity contribution in [3.05, 3.63) is 58.4 Å². The molecule has 1 aromatic heterocycles. The van der Waals surface area contributed by atoms with Crippen molar-refractivity contribution in [1.82, 2.24) is 0 Å². The maximum atomic E-state index is 12.4. The average Bonchev–Trinajstić information content (AvgIpc) is 2.58. The molecule has 0 atom stereocenters. The highest BCUT2D eigenvalue weighted by Crippen LogP contribution is 2.31. The minimum atomic E-state index is -0.900. The van der Waals surface area contributed by atoms with Gasteiger partial charge >= 0.3 is 5.63 Å². The summed E-state index contributed by atoms with van der Waals surface area (Å²) in [6.45, 7) is 2.01. The summed E-state index contributed by atoms with van der Waals surface area (Å²) in [6.07, 6.45) is 0. The van der Waals surface area contributed by atoms with Crippen LogP contribution in [0.15, 0.2) is 56.6 Å². The normalized spacial score (nSPS) is 10.8. The molecule has 128 valence electrons. The summed E-state index contributed by atoms with van der Waals surface area (Å²) < 4.78 is 5.06. The summed E-state index contributed by atoms with van der Waals surface area (Å²) in [5.74, 6) is -0.164. The maximum Gasteiger partial charge on any atom is 0.364 e. The molecule has 0 radical (unpaired) electrons. The fourth-order valence-corrected chi connectivity index (χ4v) is 3.08. The highest BCUT2D eigenvalue weighted by atomic mass is 32.2. The number of nitrogens with one attached hydrogen (secondary N) is 1. The number of amides is 1. The fourth-order valence-electron chi connectivity index (χ4n) is 2.36. The molecule has 0 fully saturated rings. The number of carbonyl (C=O) groups is 1. The summed E-state index contributed by atoms with van der Waals surface area (Å²) >= 11 is 1.59. The Labute approximate surface area is 147 Å². The summed E-state index contributed by atoms with van der Waals surface area (Å²) in [5, 5.41) is 22.3. The monoisotopic (exact) mass is 357 g/mol. The lowest BCUT2D eigenvalue weighted by Crippen LogP contribution is -2.18. The fraction of sp³-hybridized carbons (Fsp3) is 0.111. The Morgan fingerprint density at radius 2 is 2.00 bits per heavy atom. The van der Waals surface area contributed by atoms with Crippen molar-refractivity contribution in [2.75, 3.05) is 11.1 Å². The van der Waals surface area contributed by atoms with Crippen molar-refractivity contribution < 1.29 is 19.4 Å². The van der Waals surface area contributed by atoms with Gasteiger partial charge in [-0.2, -0.15) is 0 Å². The van der Waals surface area contributed by atoms with Crippen LogP contribution in [0.25, 0.3) is 11.0 Å². The van der Waals surface area contributed by atoms with Gasteiger partial charge in [-0.3, -0.25) is 4.79 Å². The third-order valence-corrected chi connectivity index (χ3v) is 4.39. The Kier molecular flexibility index (Phi) is 4.67. The van der Waals surface area contributed by atoms with Gasteiger partial charge in [0.2, 0.25) is 0 Å². The van der Waals surface area contributed by atoms with E-state index in [2.05, 4.69) is 5.32 Å². The minimum Gasteiger partial charge on any atom is -0.508 e. The van der Waals surface area contributed by atoms with Crippen LogP contribution in [0.3, 0.4) is 0 Å². The average molecular weight is 357 g/mol. The molecule has 0 spiro atoms. The highest BCUT2D eigenvalue weighted by molar-refractivity contribution is 7.99. The van der Waals surface area contributed by atoms with Crippen LogP contribution < -0.4 is 10.9 Å². The van der Waals surface area contributed by atoms with Gasteiger partial charge < -0.3 is 19.9 Å². The van der Waals surface area contributed by atoms with Crippen molar-refractivity contribution in [3.63, 3.8) is 0 Å². The first-order valence-corrected chi connectivity index (χ1v) is 8.51. The molecule has 6 nitrogen and oxygen atoms in total. The van der Waals surface area contributed by atoms with Gasteiger partial charge in [0.1, 0.15) is 11.3 Å². The van der Waals surface area contributed by atoms with Crippen LogP contribution in [0.2, 0.25) is 0 Å². The Bertz CT molecular complexity index is 1010. The minimum absolute atomic E-state index is 0.0295. The van der Waals surface area contributed by atoms with E-state index in [9.17, 15) is 19.8 Å². The SMILES string of the molecule is CCSc1cccc(C(=O)Nc2c(O)c3ccc(O)cc3oc2=O)c1. The van der Waals surface area contributed by atoms with E-state index in [-0.39, 0.29) is 22.4 Å². The van der Waals surface area contributed by atoms with E-state index >= 15 is 0 Å². The number of thioether (sulfide) groups is 1. The first kappa shape index (κ1) is 16.9. The number of phenols is 1. The van der Waals surface area contributed by atoms with Crippen molar-refractivity contribution in [2.24, 2.45) is 0 Å². The summed E-state index contributed by atoms with van der Waals surface area (Å²) in [5.41, 5.74) is -0.843. The predicted molar refractivity (Wildman–Crippen MR) is 96.6 cm³/mol. The van der Waals surface area contributed by atoms with Gasteiger partial charge in [0, 0.05) is 16.5 Å². The molecule has 25 heavy (non-hydrogen) atoms. The van der Waals surface area contributed by atoms with E-state index < -0.39 is 17.3 Å². The van der Waals surface area contributed by atoms with Crippen LogP contribution in [0.1, 0.15) is 17.3 Å². The summed E-state index contributed by atoms with van der Waals surface area (Å²) in [4.78, 5) is 25.4. The second kappa shape index (κ2) is 6.90. The topological polar surface area (TPSA) is 99.8 Å². The van der Waals surface area contributed by atoms with Crippen LogP contribution in [0.4, 0.5) is 5.69 Å². The van der Waals surface area contributed by atoms with Crippen LogP contribution in [0, 0.1) is 0 Å². The molecule has 0 aliphatic rings. The van der Waals surface area contributed by atoms with Gasteiger partial charge in [0.25, 0.3) is 5.91 Å². The van der Waals surface area contributed by atoms with E-state index in [1.807, 2.05) is 13.0 Å². The first-order chi connectivity index (χ1) is 12.0. The number of anilines is 1. The van der Waals surface area contributed by atoms with E-state index in [1.54, 1.807) is 30.0 Å². The Morgan fingerprint density at radius 3 is 2.76 bits per heavy atom. The zero-order valence-corrected chi connectivity index (χ0v) is 14.1. The molecule has 3 aromatic rings. The molecule has 1 heterocycles. The molecule has 0 saturated carbocycles. The number of hydrogen-bond donors (Lipinski definition) is 3. The molecule has 0 aliphatic carbocycles.